The highest BCUT2D eigenvalue weighted by Gasteiger charge is 2.13. The molecule has 76 valence electrons. The van der Waals surface area contributed by atoms with E-state index in [9.17, 15) is 0 Å². The van der Waals surface area contributed by atoms with Gasteiger partial charge in [-0.2, -0.15) is 0 Å². The van der Waals surface area contributed by atoms with Crippen LogP contribution < -0.4 is 0 Å². The molecule has 0 N–H and O–H groups in total. The molecule has 0 amide bonds. The van der Waals surface area contributed by atoms with Gasteiger partial charge in [0.15, 0.2) is 0 Å². The first-order chi connectivity index (χ1) is 6.84. The molecule has 1 fully saturated rings. The maximum absolute atomic E-state index is 3.47. The van der Waals surface area contributed by atoms with Gasteiger partial charge in [0.1, 0.15) is 0 Å². The third-order valence-electron chi connectivity index (χ3n) is 3.16. The predicted molar refractivity (Wildman–Crippen MR) is 64.4 cm³/mol. The van der Waals surface area contributed by atoms with E-state index in [4.69, 9.17) is 0 Å². The van der Waals surface area contributed by atoms with E-state index >= 15 is 0 Å². The minimum atomic E-state index is 0.949. The Balaban J connectivity index is 1.92. The van der Waals surface area contributed by atoms with Crippen molar-refractivity contribution < 1.29 is 0 Å². The first kappa shape index (κ1) is 10.2. The Labute approximate surface area is 94.8 Å². The zero-order valence-corrected chi connectivity index (χ0v) is 10.1. The van der Waals surface area contributed by atoms with Crippen LogP contribution in [-0.2, 0) is 6.42 Å². The monoisotopic (exact) mass is 252 g/mol. The van der Waals surface area contributed by atoms with Crippen molar-refractivity contribution in [3.05, 3.63) is 34.3 Å². The van der Waals surface area contributed by atoms with Crippen molar-refractivity contribution in [2.45, 2.75) is 38.5 Å². The van der Waals surface area contributed by atoms with Crippen molar-refractivity contribution >= 4 is 15.9 Å². The van der Waals surface area contributed by atoms with Gasteiger partial charge in [-0.25, -0.2) is 0 Å². The largest absolute Gasteiger partial charge is 0.0579 e. The molecule has 14 heavy (non-hydrogen) atoms. The molecule has 1 aromatic rings. The van der Waals surface area contributed by atoms with Crippen molar-refractivity contribution in [2.24, 2.45) is 5.92 Å². The Morgan fingerprint density at radius 3 is 2.29 bits per heavy atom. The molecule has 1 aromatic carbocycles. The number of rotatable bonds is 2. The highest BCUT2D eigenvalue weighted by atomic mass is 79.9. The fourth-order valence-electron chi connectivity index (χ4n) is 2.35. The SMILES string of the molecule is Brc1ccc(CC2CCCCC2)cc1. The average Bonchev–Trinajstić information content (AvgIpc) is 2.23. The molecule has 0 aromatic heterocycles. The molecule has 1 heteroatoms. The average molecular weight is 253 g/mol. The van der Waals surface area contributed by atoms with E-state index in [2.05, 4.69) is 40.2 Å². The molecule has 0 atom stereocenters. The van der Waals surface area contributed by atoms with E-state index in [1.165, 1.54) is 48.6 Å². The number of benzene rings is 1. The van der Waals surface area contributed by atoms with Crippen LogP contribution in [0.4, 0.5) is 0 Å². The molecule has 1 aliphatic carbocycles. The quantitative estimate of drug-likeness (QED) is 0.724. The van der Waals surface area contributed by atoms with E-state index in [1.54, 1.807) is 0 Å². The minimum Gasteiger partial charge on any atom is -0.0579 e. The van der Waals surface area contributed by atoms with Crippen LogP contribution in [0.3, 0.4) is 0 Å². The van der Waals surface area contributed by atoms with Gasteiger partial charge < -0.3 is 0 Å². The van der Waals surface area contributed by atoms with Crippen molar-refractivity contribution in [3.8, 4) is 0 Å². The fourth-order valence-corrected chi connectivity index (χ4v) is 2.61. The maximum Gasteiger partial charge on any atom is 0.0175 e. The summed E-state index contributed by atoms with van der Waals surface area (Å²) >= 11 is 3.47. The van der Waals surface area contributed by atoms with Crippen LogP contribution in [0, 0.1) is 5.92 Å². The maximum atomic E-state index is 3.47. The molecule has 0 radical (unpaired) electrons. The third kappa shape index (κ3) is 2.84. The minimum absolute atomic E-state index is 0.949. The summed E-state index contributed by atoms with van der Waals surface area (Å²) < 4.78 is 1.19. The van der Waals surface area contributed by atoms with Gasteiger partial charge in [0, 0.05) is 4.47 Å². The summed E-state index contributed by atoms with van der Waals surface area (Å²) in [5.41, 5.74) is 1.50. The fraction of sp³-hybridized carbons (Fsp3) is 0.538. The highest BCUT2D eigenvalue weighted by molar-refractivity contribution is 9.10. The standard InChI is InChI=1S/C13H17Br/c14-13-8-6-12(7-9-13)10-11-4-2-1-3-5-11/h6-9,11H,1-5,10H2. The lowest BCUT2D eigenvalue weighted by Gasteiger charge is -2.21. The van der Waals surface area contributed by atoms with Crippen LogP contribution in [0.2, 0.25) is 0 Å². The first-order valence-electron chi connectivity index (χ1n) is 5.59. The topological polar surface area (TPSA) is 0 Å². The Morgan fingerprint density at radius 2 is 1.64 bits per heavy atom. The van der Waals surface area contributed by atoms with E-state index in [0.29, 0.717) is 0 Å². The van der Waals surface area contributed by atoms with Gasteiger partial charge in [-0.05, 0) is 30.0 Å². The van der Waals surface area contributed by atoms with Gasteiger partial charge in [-0.15, -0.1) is 0 Å². The summed E-state index contributed by atoms with van der Waals surface area (Å²) in [5, 5.41) is 0. The second-order valence-electron chi connectivity index (χ2n) is 4.33. The zero-order chi connectivity index (χ0) is 9.80. The van der Waals surface area contributed by atoms with Crippen molar-refractivity contribution in [3.63, 3.8) is 0 Å². The summed E-state index contributed by atoms with van der Waals surface area (Å²) in [4.78, 5) is 0. The van der Waals surface area contributed by atoms with Crippen molar-refractivity contribution in [1.82, 2.24) is 0 Å². The zero-order valence-electron chi connectivity index (χ0n) is 8.51. The van der Waals surface area contributed by atoms with Crippen molar-refractivity contribution in [1.29, 1.82) is 0 Å². The van der Waals surface area contributed by atoms with Gasteiger partial charge >= 0.3 is 0 Å². The molecule has 0 nitrogen and oxygen atoms in total. The van der Waals surface area contributed by atoms with Crippen LogP contribution in [0.15, 0.2) is 28.7 Å². The highest BCUT2D eigenvalue weighted by Crippen LogP contribution is 2.27. The van der Waals surface area contributed by atoms with Gasteiger partial charge in [0.05, 0.1) is 0 Å². The van der Waals surface area contributed by atoms with Gasteiger partial charge in [-0.1, -0.05) is 60.2 Å². The summed E-state index contributed by atoms with van der Waals surface area (Å²) in [6, 6.07) is 8.80. The lowest BCUT2D eigenvalue weighted by molar-refractivity contribution is 0.356. The lowest BCUT2D eigenvalue weighted by atomic mass is 9.85. The van der Waals surface area contributed by atoms with Crippen LogP contribution in [-0.4, -0.2) is 0 Å². The number of hydrogen-bond acceptors (Lipinski definition) is 0. The van der Waals surface area contributed by atoms with Gasteiger partial charge in [0.2, 0.25) is 0 Å². The van der Waals surface area contributed by atoms with Crippen LogP contribution in [0.25, 0.3) is 0 Å². The first-order valence-corrected chi connectivity index (χ1v) is 6.38. The second kappa shape index (κ2) is 4.97. The molecule has 1 saturated carbocycles. The third-order valence-corrected chi connectivity index (χ3v) is 3.69. The Kier molecular flexibility index (Phi) is 3.63. The molecular formula is C13H17Br. The molecule has 0 heterocycles. The van der Waals surface area contributed by atoms with E-state index in [0.717, 1.165) is 5.92 Å². The van der Waals surface area contributed by atoms with E-state index in [-0.39, 0.29) is 0 Å². The van der Waals surface area contributed by atoms with Gasteiger partial charge in [0.25, 0.3) is 0 Å². The molecular weight excluding hydrogens is 236 g/mol. The van der Waals surface area contributed by atoms with Crippen molar-refractivity contribution in [2.75, 3.05) is 0 Å². The Bertz CT molecular complexity index is 270. The molecule has 0 spiro atoms. The Hall–Kier alpha value is -0.300. The Morgan fingerprint density at radius 1 is 1.00 bits per heavy atom. The summed E-state index contributed by atoms with van der Waals surface area (Å²) in [7, 11) is 0. The summed E-state index contributed by atoms with van der Waals surface area (Å²) in [5.74, 6) is 0.949. The smallest absolute Gasteiger partial charge is 0.0175 e. The summed E-state index contributed by atoms with van der Waals surface area (Å²) in [6.45, 7) is 0. The molecule has 2 rings (SSSR count). The van der Waals surface area contributed by atoms with Crippen LogP contribution >= 0.6 is 15.9 Å². The normalized spacial score (nSPS) is 18.4. The predicted octanol–water partition coefficient (Wildman–Crippen LogP) is 4.57. The molecule has 0 aliphatic heterocycles. The van der Waals surface area contributed by atoms with Gasteiger partial charge in [-0.3, -0.25) is 0 Å². The molecule has 0 saturated heterocycles. The molecule has 1 aliphatic rings. The second-order valence-corrected chi connectivity index (χ2v) is 5.25. The molecule has 0 bridgehead atoms. The van der Waals surface area contributed by atoms with Crippen LogP contribution in [0.1, 0.15) is 37.7 Å². The lowest BCUT2D eigenvalue weighted by Crippen LogP contribution is -2.08. The summed E-state index contributed by atoms with van der Waals surface area (Å²) in [6.07, 6.45) is 8.51. The van der Waals surface area contributed by atoms with E-state index in [1.807, 2.05) is 0 Å². The number of hydrogen-bond donors (Lipinski definition) is 0. The van der Waals surface area contributed by atoms with E-state index < -0.39 is 0 Å². The molecule has 0 unspecified atom stereocenters. The van der Waals surface area contributed by atoms with Crippen LogP contribution in [0.5, 0.6) is 0 Å². The number of halogens is 1.